The van der Waals surface area contributed by atoms with Gasteiger partial charge in [0.25, 0.3) is 0 Å². The molecular weight excluding hydrogens is 340 g/mol. The Morgan fingerprint density at radius 2 is 1.83 bits per heavy atom. The minimum Gasteiger partial charge on any atom is -0.265 e. The van der Waals surface area contributed by atoms with E-state index in [1.165, 1.54) is 11.1 Å². The third-order valence-electron chi connectivity index (χ3n) is 4.56. The molecule has 0 aliphatic heterocycles. The van der Waals surface area contributed by atoms with Crippen LogP contribution in [0.2, 0.25) is 5.02 Å². The Bertz CT molecular complexity index is 861. The van der Waals surface area contributed by atoms with E-state index in [2.05, 4.69) is 28.4 Å². The summed E-state index contributed by atoms with van der Waals surface area (Å²) in [6.07, 6.45) is 5.30. The number of benzene rings is 1. The van der Waals surface area contributed by atoms with E-state index in [9.17, 15) is 4.91 Å². The highest BCUT2D eigenvalue weighted by molar-refractivity contribution is 7.15. The van der Waals surface area contributed by atoms with Crippen molar-refractivity contribution in [2.75, 3.05) is 0 Å². The Hall–Kier alpha value is -2.04. The van der Waals surface area contributed by atoms with Gasteiger partial charge in [-0.1, -0.05) is 28.9 Å². The van der Waals surface area contributed by atoms with E-state index in [-0.39, 0.29) is 6.04 Å². The number of fused-ring (bicyclic) bond motifs is 1. The minimum atomic E-state index is -0.232. The van der Waals surface area contributed by atoms with Crippen LogP contribution in [-0.2, 0) is 0 Å². The van der Waals surface area contributed by atoms with Gasteiger partial charge in [-0.15, -0.1) is 11.3 Å². The molecule has 2 atom stereocenters. The van der Waals surface area contributed by atoms with E-state index in [0.717, 1.165) is 33.2 Å². The second kappa shape index (κ2) is 6.46. The van der Waals surface area contributed by atoms with E-state index in [1.807, 2.05) is 24.3 Å². The molecule has 0 radical (unpaired) electrons. The lowest BCUT2D eigenvalue weighted by molar-refractivity contribution is 0.539. The summed E-state index contributed by atoms with van der Waals surface area (Å²) in [7, 11) is 0. The van der Waals surface area contributed by atoms with Gasteiger partial charge in [0.15, 0.2) is 0 Å². The molecule has 0 N–H and O–H groups in total. The normalized spacial score (nSPS) is 19.7. The smallest absolute Gasteiger partial charge is 0.126 e. The van der Waals surface area contributed by atoms with E-state index in [1.54, 1.807) is 23.7 Å². The summed E-state index contributed by atoms with van der Waals surface area (Å²) >= 11 is 7.70. The van der Waals surface area contributed by atoms with Gasteiger partial charge in [0.1, 0.15) is 6.04 Å². The maximum atomic E-state index is 11.3. The first-order valence-electron chi connectivity index (χ1n) is 7.88. The number of hydrogen-bond acceptors (Lipinski definition) is 4. The molecule has 1 aliphatic carbocycles. The van der Waals surface area contributed by atoms with Crippen molar-refractivity contribution in [3.63, 3.8) is 0 Å². The minimum absolute atomic E-state index is 0.232. The lowest BCUT2D eigenvalue weighted by atomic mass is 9.81. The molecule has 4 rings (SSSR count). The lowest BCUT2D eigenvalue weighted by Crippen LogP contribution is -2.11. The molecule has 3 nitrogen and oxygen atoms in total. The van der Waals surface area contributed by atoms with E-state index in [4.69, 9.17) is 11.6 Å². The summed E-state index contributed by atoms with van der Waals surface area (Å²) in [5.41, 5.74) is 3.60. The fourth-order valence-electron chi connectivity index (χ4n) is 3.36. The average molecular weight is 355 g/mol. The van der Waals surface area contributed by atoms with Crippen LogP contribution in [0.25, 0.3) is 10.4 Å². The van der Waals surface area contributed by atoms with Gasteiger partial charge in [-0.3, -0.25) is 4.98 Å². The fraction of sp³-hybridized carbons (Fsp3) is 0.211. The van der Waals surface area contributed by atoms with Crippen LogP contribution in [0.4, 0.5) is 0 Å². The van der Waals surface area contributed by atoms with Crippen molar-refractivity contribution in [3.8, 4) is 10.4 Å². The van der Waals surface area contributed by atoms with Crippen LogP contribution in [-0.4, -0.2) is 4.98 Å². The Labute approximate surface area is 149 Å². The number of aromatic nitrogens is 1. The average Bonchev–Trinajstić information content (AvgIpc) is 3.08. The van der Waals surface area contributed by atoms with Crippen molar-refractivity contribution in [3.05, 3.63) is 80.8 Å². The first kappa shape index (κ1) is 15.5. The summed E-state index contributed by atoms with van der Waals surface area (Å²) in [5.74, 6) is 0.294. The van der Waals surface area contributed by atoms with E-state index in [0.29, 0.717) is 5.92 Å². The van der Waals surface area contributed by atoms with Crippen molar-refractivity contribution in [1.29, 1.82) is 0 Å². The summed E-state index contributed by atoms with van der Waals surface area (Å²) in [6.45, 7) is 0. The van der Waals surface area contributed by atoms with Crippen molar-refractivity contribution < 1.29 is 0 Å². The van der Waals surface area contributed by atoms with E-state index < -0.39 is 0 Å². The molecule has 0 saturated heterocycles. The first-order chi connectivity index (χ1) is 11.8. The monoisotopic (exact) mass is 354 g/mol. The number of rotatable bonds is 3. The number of pyridine rings is 1. The zero-order valence-corrected chi connectivity index (χ0v) is 14.4. The van der Waals surface area contributed by atoms with Gasteiger partial charge in [0.05, 0.1) is 0 Å². The van der Waals surface area contributed by atoms with Gasteiger partial charge in [-0.05, 0) is 59.9 Å². The summed E-state index contributed by atoms with van der Waals surface area (Å²) in [4.78, 5) is 17.6. The molecule has 2 aromatic heterocycles. The number of nitrogens with zero attached hydrogens (tertiary/aromatic N) is 2. The van der Waals surface area contributed by atoms with Crippen LogP contribution in [0, 0.1) is 4.91 Å². The molecule has 3 aromatic rings. The highest BCUT2D eigenvalue weighted by Gasteiger charge is 2.31. The second-order valence-electron chi connectivity index (χ2n) is 5.97. The standard InChI is InChI=1S/C19H15ClN2OS/c20-14-3-1-12(2-4-14)15-5-6-17(22-23)19-16(15)11-18(24-19)13-7-9-21-10-8-13/h1-4,7-11,15,17H,5-6H2. The Kier molecular flexibility index (Phi) is 4.17. The molecule has 0 saturated carbocycles. The van der Waals surface area contributed by atoms with E-state index >= 15 is 0 Å². The third kappa shape index (κ3) is 2.76. The quantitative estimate of drug-likeness (QED) is 0.526. The van der Waals surface area contributed by atoms with Crippen molar-refractivity contribution >= 4 is 22.9 Å². The fourth-order valence-corrected chi connectivity index (χ4v) is 4.78. The molecule has 1 aromatic carbocycles. The molecule has 0 amide bonds. The maximum Gasteiger partial charge on any atom is 0.126 e. The maximum absolute atomic E-state index is 11.3. The number of nitroso groups, excluding NO2 is 1. The molecule has 0 fully saturated rings. The van der Waals surface area contributed by atoms with Gasteiger partial charge in [-0.25, -0.2) is 0 Å². The largest absolute Gasteiger partial charge is 0.265 e. The lowest BCUT2D eigenvalue weighted by Gasteiger charge is -2.25. The summed E-state index contributed by atoms with van der Waals surface area (Å²) < 4.78 is 0. The Balaban J connectivity index is 1.80. The van der Waals surface area contributed by atoms with Crippen LogP contribution in [0.5, 0.6) is 0 Å². The predicted molar refractivity (Wildman–Crippen MR) is 98.6 cm³/mol. The Morgan fingerprint density at radius 3 is 2.54 bits per heavy atom. The molecule has 1 aliphatic rings. The van der Waals surface area contributed by atoms with Gasteiger partial charge in [0, 0.05) is 33.1 Å². The van der Waals surface area contributed by atoms with Gasteiger partial charge < -0.3 is 0 Å². The molecule has 5 heteroatoms. The zero-order chi connectivity index (χ0) is 16.5. The zero-order valence-electron chi connectivity index (χ0n) is 12.9. The van der Waals surface area contributed by atoms with Crippen LogP contribution in [0.3, 0.4) is 0 Å². The van der Waals surface area contributed by atoms with Gasteiger partial charge in [0.2, 0.25) is 0 Å². The molecule has 120 valence electrons. The van der Waals surface area contributed by atoms with Crippen LogP contribution < -0.4 is 0 Å². The molecular formula is C19H15ClN2OS. The SMILES string of the molecule is O=NC1CCC(c2ccc(Cl)cc2)c2cc(-c3ccncc3)sc21. The highest BCUT2D eigenvalue weighted by Crippen LogP contribution is 2.48. The predicted octanol–water partition coefficient (Wildman–Crippen LogP) is 6.20. The van der Waals surface area contributed by atoms with Gasteiger partial charge >= 0.3 is 0 Å². The highest BCUT2D eigenvalue weighted by atomic mass is 35.5. The molecule has 0 spiro atoms. The molecule has 2 heterocycles. The van der Waals surface area contributed by atoms with Crippen LogP contribution in [0.1, 0.15) is 40.8 Å². The van der Waals surface area contributed by atoms with Crippen molar-refractivity contribution in [2.45, 2.75) is 24.8 Å². The van der Waals surface area contributed by atoms with Crippen LogP contribution >= 0.6 is 22.9 Å². The summed E-state index contributed by atoms with van der Waals surface area (Å²) in [5, 5.41) is 4.11. The second-order valence-corrected chi connectivity index (χ2v) is 7.49. The summed E-state index contributed by atoms with van der Waals surface area (Å²) in [6, 6.07) is 14.0. The third-order valence-corrected chi connectivity index (χ3v) is 6.12. The molecule has 0 bridgehead atoms. The molecule has 24 heavy (non-hydrogen) atoms. The first-order valence-corrected chi connectivity index (χ1v) is 9.07. The number of thiophene rings is 1. The number of halogens is 1. The topological polar surface area (TPSA) is 42.3 Å². The number of hydrogen-bond donors (Lipinski definition) is 0. The Morgan fingerprint density at radius 1 is 1.08 bits per heavy atom. The molecule has 2 unspecified atom stereocenters. The van der Waals surface area contributed by atoms with Gasteiger partial charge in [-0.2, -0.15) is 4.91 Å². The van der Waals surface area contributed by atoms with Crippen LogP contribution in [0.15, 0.2) is 60.0 Å². The van der Waals surface area contributed by atoms with Crippen molar-refractivity contribution in [2.24, 2.45) is 5.18 Å². The van der Waals surface area contributed by atoms with Crippen molar-refractivity contribution in [1.82, 2.24) is 4.98 Å².